The van der Waals surface area contributed by atoms with Crippen LogP contribution in [0.2, 0.25) is 0 Å². The van der Waals surface area contributed by atoms with Gasteiger partial charge in [-0.2, -0.15) is 13.2 Å². The molecule has 0 spiro atoms. The van der Waals surface area contributed by atoms with E-state index in [1.165, 1.54) is 12.1 Å². The molecule has 106 valence electrons. The molecule has 0 aliphatic heterocycles. The highest BCUT2D eigenvalue weighted by atomic mass is 32.2. The van der Waals surface area contributed by atoms with Crippen molar-refractivity contribution in [3.63, 3.8) is 0 Å². The van der Waals surface area contributed by atoms with E-state index in [0.717, 1.165) is 18.2 Å². The highest BCUT2D eigenvalue weighted by molar-refractivity contribution is 7.92. The van der Waals surface area contributed by atoms with Crippen molar-refractivity contribution in [2.24, 2.45) is 0 Å². The van der Waals surface area contributed by atoms with Crippen molar-refractivity contribution < 1.29 is 21.6 Å². The van der Waals surface area contributed by atoms with Gasteiger partial charge >= 0.3 is 6.18 Å². The zero-order valence-electron chi connectivity index (χ0n) is 10.1. The lowest BCUT2D eigenvalue weighted by Gasteiger charge is -2.11. The van der Waals surface area contributed by atoms with Gasteiger partial charge in [-0.3, -0.25) is 4.72 Å². The molecule has 0 unspecified atom stereocenters. The maximum Gasteiger partial charge on any atom is 0.416 e. The standard InChI is InChI=1S/C13H10F3NO2S/c14-13(15,16)10-5-4-8-12(9-10)20(18,19)17-11-6-2-1-3-7-11/h1-9,17H. The summed E-state index contributed by atoms with van der Waals surface area (Å²) in [5.74, 6) is 0. The van der Waals surface area contributed by atoms with Crippen LogP contribution >= 0.6 is 0 Å². The summed E-state index contributed by atoms with van der Waals surface area (Å²) in [5.41, 5.74) is -0.724. The van der Waals surface area contributed by atoms with E-state index in [1.54, 1.807) is 18.2 Å². The smallest absolute Gasteiger partial charge is 0.280 e. The maximum absolute atomic E-state index is 12.6. The first-order valence-electron chi connectivity index (χ1n) is 5.54. The van der Waals surface area contributed by atoms with E-state index in [2.05, 4.69) is 4.72 Å². The quantitative estimate of drug-likeness (QED) is 0.943. The second kappa shape index (κ2) is 5.16. The molecule has 2 aromatic rings. The number of hydrogen-bond donors (Lipinski definition) is 1. The lowest BCUT2D eigenvalue weighted by molar-refractivity contribution is -0.137. The van der Waals surface area contributed by atoms with Crippen molar-refractivity contribution in [2.45, 2.75) is 11.1 Å². The number of para-hydroxylation sites is 1. The molecule has 0 fully saturated rings. The van der Waals surface area contributed by atoms with E-state index in [0.29, 0.717) is 6.07 Å². The van der Waals surface area contributed by atoms with Crippen molar-refractivity contribution in [3.8, 4) is 0 Å². The predicted molar refractivity (Wildman–Crippen MR) is 68.7 cm³/mol. The molecule has 0 saturated carbocycles. The molecule has 0 amide bonds. The van der Waals surface area contributed by atoms with Gasteiger partial charge in [0, 0.05) is 5.69 Å². The number of rotatable bonds is 3. The van der Waals surface area contributed by atoms with Gasteiger partial charge < -0.3 is 0 Å². The van der Waals surface area contributed by atoms with E-state index in [4.69, 9.17) is 0 Å². The Balaban J connectivity index is 2.35. The molecule has 0 atom stereocenters. The zero-order valence-corrected chi connectivity index (χ0v) is 10.9. The van der Waals surface area contributed by atoms with Crippen LogP contribution in [-0.4, -0.2) is 8.42 Å². The summed E-state index contributed by atoms with van der Waals surface area (Å²) >= 11 is 0. The van der Waals surface area contributed by atoms with E-state index in [-0.39, 0.29) is 5.69 Å². The average molecular weight is 301 g/mol. The third-order valence-electron chi connectivity index (χ3n) is 2.50. The van der Waals surface area contributed by atoms with Gasteiger partial charge in [-0.1, -0.05) is 24.3 Å². The highest BCUT2D eigenvalue weighted by Gasteiger charge is 2.31. The third kappa shape index (κ3) is 3.30. The molecule has 0 saturated heterocycles. The molecule has 7 heteroatoms. The zero-order chi connectivity index (χ0) is 14.8. The molecule has 2 rings (SSSR count). The summed E-state index contributed by atoms with van der Waals surface area (Å²) in [4.78, 5) is -0.434. The maximum atomic E-state index is 12.6. The SMILES string of the molecule is O=S(=O)(Nc1ccccc1)c1cccc(C(F)(F)F)c1. The summed E-state index contributed by atoms with van der Waals surface area (Å²) in [7, 11) is -4.05. The van der Waals surface area contributed by atoms with Crippen LogP contribution in [0.1, 0.15) is 5.56 Å². The molecule has 3 nitrogen and oxygen atoms in total. The summed E-state index contributed by atoms with van der Waals surface area (Å²) in [5, 5.41) is 0. The molecule has 20 heavy (non-hydrogen) atoms. The molecule has 0 bridgehead atoms. The normalized spacial score (nSPS) is 12.2. The topological polar surface area (TPSA) is 46.2 Å². The van der Waals surface area contributed by atoms with Crippen LogP contribution in [0.5, 0.6) is 0 Å². The Morgan fingerprint density at radius 3 is 2.15 bits per heavy atom. The summed E-state index contributed by atoms with van der Waals surface area (Å²) in [6, 6.07) is 11.5. The van der Waals surface area contributed by atoms with Crippen molar-refractivity contribution in [1.82, 2.24) is 0 Å². The fourth-order valence-electron chi connectivity index (χ4n) is 1.56. The molecule has 0 heterocycles. The molecule has 0 radical (unpaired) electrons. The Bertz CT molecular complexity index is 697. The number of anilines is 1. The fraction of sp³-hybridized carbons (Fsp3) is 0.0769. The first-order chi connectivity index (χ1) is 9.29. The Morgan fingerprint density at radius 2 is 1.55 bits per heavy atom. The molecule has 2 aromatic carbocycles. The van der Waals surface area contributed by atoms with Crippen LogP contribution in [0.25, 0.3) is 0 Å². The van der Waals surface area contributed by atoms with E-state index in [1.807, 2.05) is 0 Å². The van der Waals surface area contributed by atoms with Crippen molar-refractivity contribution in [3.05, 3.63) is 60.2 Å². The number of benzene rings is 2. The van der Waals surface area contributed by atoms with Crippen molar-refractivity contribution >= 4 is 15.7 Å². The van der Waals surface area contributed by atoms with Crippen LogP contribution in [0.3, 0.4) is 0 Å². The number of alkyl halides is 3. The number of sulfonamides is 1. The van der Waals surface area contributed by atoms with Gasteiger partial charge in [-0.15, -0.1) is 0 Å². The Labute approximate surface area is 114 Å². The fourth-order valence-corrected chi connectivity index (χ4v) is 2.66. The predicted octanol–water partition coefficient (Wildman–Crippen LogP) is 3.51. The van der Waals surface area contributed by atoms with E-state index >= 15 is 0 Å². The van der Waals surface area contributed by atoms with Crippen LogP contribution in [0.15, 0.2) is 59.5 Å². The van der Waals surface area contributed by atoms with Crippen LogP contribution in [-0.2, 0) is 16.2 Å². The van der Waals surface area contributed by atoms with Crippen molar-refractivity contribution in [1.29, 1.82) is 0 Å². The second-order valence-corrected chi connectivity index (χ2v) is 5.68. The van der Waals surface area contributed by atoms with Gasteiger partial charge in [-0.05, 0) is 30.3 Å². The van der Waals surface area contributed by atoms with Crippen LogP contribution < -0.4 is 4.72 Å². The summed E-state index contributed by atoms with van der Waals surface area (Å²) in [6.07, 6.45) is -4.59. The molecular formula is C13H10F3NO2S. The van der Waals surface area contributed by atoms with Gasteiger partial charge in [0.05, 0.1) is 10.5 Å². The lowest BCUT2D eigenvalue weighted by atomic mass is 10.2. The number of hydrogen-bond acceptors (Lipinski definition) is 2. The minimum atomic E-state index is -4.59. The van der Waals surface area contributed by atoms with Gasteiger partial charge in [0.15, 0.2) is 0 Å². The largest absolute Gasteiger partial charge is 0.416 e. The summed E-state index contributed by atoms with van der Waals surface area (Å²) < 4.78 is 63.9. The van der Waals surface area contributed by atoms with E-state index < -0.39 is 26.7 Å². The molecule has 0 aromatic heterocycles. The second-order valence-electron chi connectivity index (χ2n) is 4.00. The minimum absolute atomic E-state index is 0.282. The highest BCUT2D eigenvalue weighted by Crippen LogP contribution is 2.30. The Morgan fingerprint density at radius 1 is 0.900 bits per heavy atom. The summed E-state index contributed by atoms with van der Waals surface area (Å²) in [6.45, 7) is 0. The minimum Gasteiger partial charge on any atom is -0.280 e. The molecule has 0 aliphatic rings. The van der Waals surface area contributed by atoms with Crippen LogP contribution in [0, 0.1) is 0 Å². The Hall–Kier alpha value is -2.02. The first-order valence-corrected chi connectivity index (χ1v) is 7.02. The van der Waals surface area contributed by atoms with Crippen LogP contribution in [0.4, 0.5) is 18.9 Å². The molecule has 1 N–H and O–H groups in total. The average Bonchev–Trinajstić information content (AvgIpc) is 2.38. The molecule has 0 aliphatic carbocycles. The lowest BCUT2D eigenvalue weighted by Crippen LogP contribution is -2.14. The number of nitrogens with one attached hydrogen (secondary N) is 1. The molecular weight excluding hydrogens is 291 g/mol. The monoisotopic (exact) mass is 301 g/mol. The number of halogens is 3. The van der Waals surface area contributed by atoms with Gasteiger partial charge in [-0.25, -0.2) is 8.42 Å². The van der Waals surface area contributed by atoms with Gasteiger partial charge in [0.1, 0.15) is 0 Å². The third-order valence-corrected chi connectivity index (χ3v) is 3.88. The van der Waals surface area contributed by atoms with Crippen molar-refractivity contribution in [2.75, 3.05) is 4.72 Å². The van der Waals surface area contributed by atoms with Gasteiger partial charge in [0.2, 0.25) is 0 Å². The Kier molecular flexibility index (Phi) is 3.71. The first kappa shape index (κ1) is 14.4. The van der Waals surface area contributed by atoms with Gasteiger partial charge in [0.25, 0.3) is 10.0 Å². The van der Waals surface area contributed by atoms with E-state index in [9.17, 15) is 21.6 Å².